The molecule has 1 fully saturated rings. The maximum atomic E-state index is 12.6. The van der Waals surface area contributed by atoms with Crippen molar-refractivity contribution in [3.05, 3.63) is 65.4 Å². The van der Waals surface area contributed by atoms with Crippen LogP contribution in [0.15, 0.2) is 54.9 Å². The molecule has 30 heavy (non-hydrogen) atoms. The predicted octanol–water partition coefficient (Wildman–Crippen LogP) is 3.72. The third-order valence-corrected chi connectivity index (χ3v) is 4.89. The first-order chi connectivity index (χ1) is 14.6. The minimum Gasteiger partial charge on any atom is -0.508 e. The van der Waals surface area contributed by atoms with Crippen LogP contribution in [0.25, 0.3) is 0 Å². The lowest BCUT2D eigenvalue weighted by atomic mass is 10.1. The van der Waals surface area contributed by atoms with Crippen molar-refractivity contribution in [2.45, 2.75) is 0 Å². The number of phenols is 1. The summed E-state index contributed by atoms with van der Waals surface area (Å²) >= 11 is 6.32. The summed E-state index contributed by atoms with van der Waals surface area (Å²) in [6.45, 7) is 3.05. The van der Waals surface area contributed by atoms with Crippen molar-refractivity contribution >= 4 is 29.0 Å². The predicted molar refractivity (Wildman–Crippen MR) is 113 cm³/mol. The minimum atomic E-state index is -0.347. The molecule has 0 radical (unpaired) electrons. The monoisotopic (exact) mass is 426 g/mol. The fourth-order valence-corrected chi connectivity index (χ4v) is 3.15. The third-order valence-electron chi connectivity index (χ3n) is 4.55. The second-order valence-corrected chi connectivity index (χ2v) is 6.92. The third kappa shape index (κ3) is 4.61. The van der Waals surface area contributed by atoms with Gasteiger partial charge < -0.3 is 24.8 Å². The minimum absolute atomic E-state index is 0.0730. The first-order valence-corrected chi connectivity index (χ1v) is 9.69. The van der Waals surface area contributed by atoms with Crippen LogP contribution < -0.4 is 15.0 Å². The molecule has 1 aliphatic rings. The maximum Gasteiger partial charge on any atom is 0.256 e. The van der Waals surface area contributed by atoms with Crippen LogP contribution in [0.2, 0.25) is 5.02 Å². The number of benzene rings is 2. The van der Waals surface area contributed by atoms with Crippen molar-refractivity contribution in [3.63, 3.8) is 0 Å². The second kappa shape index (κ2) is 8.98. The van der Waals surface area contributed by atoms with E-state index in [-0.39, 0.29) is 28.4 Å². The molecule has 0 spiro atoms. The molecule has 2 N–H and O–H groups in total. The van der Waals surface area contributed by atoms with Crippen LogP contribution >= 0.6 is 11.6 Å². The molecule has 2 heterocycles. The number of rotatable bonds is 5. The smallest absolute Gasteiger partial charge is 0.256 e. The van der Waals surface area contributed by atoms with Crippen molar-refractivity contribution in [2.24, 2.45) is 0 Å². The molecule has 2 aromatic carbocycles. The SMILES string of the molecule is O=C(Nc1ncnc(Oc2ccc(O)cc2)c1Cl)c1ccc(N2CCOCC2)cc1. The Bertz CT molecular complexity index is 1020. The molecule has 9 heteroatoms. The van der Waals surface area contributed by atoms with Crippen LogP contribution in [0.3, 0.4) is 0 Å². The molecular formula is C21H19ClN4O4. The molecule has 8 nitrogen and oxygen atoms in total. The normalized spacial score (nSPS) is 13.7. The lowest BCUT2D eigenvalue weighted by molar-refractivity contribution is 0.102. The number of halogens is 1. The summed E-state index contributed by atoms with van der Waals surface area (Å²) in [7, 11) is 0. The average molecular weight is 427 g/mol. The van der Waals surface area contributed by atoms with Gasteiger partial charge in [0.1, 0.15) is 22.8 Å². The number of hydrogen-bond donors (Lipinski definition) is 2. The van der Waals surface area contributed by atoms with Crippen molar-refractivity contribution in [1.29, 1.82) is 0 Å². The Morgan fingerprint density at radius 2 is 1.77 bits per heavy atom. The second-order valence-electron chi connectivity index (χ2n) is 6.54. The molecule has 3 aromatic rings. The summed E-state index contributed by atoms with van der Waals surface area (Å²) in [5.74, 6) is 0.436. The number of amides is 1. The maximum absolute atomic E-state index is 12.6. The highest BCUT2D eigenvalue weighted by molar-refractivity contribution is 6.34. The summed E-state index contributed by atoms with van der Waals surface area (Å²) in [6.07, 6.45) is 1.25. The molecule has 0 aliphatic carbocycles. The van der Waals surface area contributed by atoms with Gasteiger partial charge in [-0.3, -0.25) is 4.79 Å². The number of nitrogens with zero attached hydrogens (tertiary/aromatic N) is 3. The van der Waals surface area contributed by atoms with Gasteiger partial charge >= 0.3 is 0 Å². The first kappa shape index (κ1) is 19.9. The van der Waals surface area contributed by atoms with E-state index in [1.807, 2.05) is 12.1 Å². The summed E-state index contributed by atoms with van der Waals surface area (Å²) < 4.78 is 11.0. The fourth-order valence-electron chi connectivity index (χ4n) is 2.96. The van der Waals surface area contributed by atoms with E-state index < -0.39 is 0 Å². The highest BCUT2D eigenvalue weighted by Gasteiger charge is 2.16. The number of ether oxygens (including phenoxy) is 2. The van der Waals surface area contributed by atoms with Gasteiger partial charge in [0.15, 0.2) is 5.82 Å². The Hall–Kier alpha value is -3.36. The van der Waals surface area contributed by atoms with E-state index in [2.05, 4.69) is 20.2 Å². The zero-order valence-electron chi connectivity index (χ0n) is 15.9. The van der Waals surface area contributed by atoms with E-state index >= 15 is 0 Å². The molecule has 0 atom stereocenters. The number of anilines is 2. The first-order valence-electron chi connectivity index (χ1n) is 9.31. The van der Waals surface area contributed by atoms with Crippen LogP contribution in [0, 0.1) is 0 Å². The van der Waals surface area contributed by atoms with Crippen LogP contribution in [0.1, 0.15) is 10.4 Å². The van der Waals surface area contributed by atoms with Crippen molar-refractivity contribution in [3.8, 4) is 17.4 Å². The Kier molecular flexibility index (Phi) is 5.97. The van der Waals surface area contributed by atoms with E-state index in [9.17, 15) is 9.90 Å². The Morgan fingerprint density at radius 3 is 2.47 bits per heavy atom. The summed E-state index contributed by atoms with van der Waals surface area (Å²) in [5, 5.41) is 12.1. The quantitative estimate of drug-likeness (QED) is 0.641. The topological polar surface area (TPSA) is 96.8 Å². The molecule has 0 unspecified atom stereocenters. The summed E-state index contributed by atoms with van der Waals surface area (Å²) in [5.41, 5.74) is 1.52. The Labute approximate surface area is 178 Å². The molecule has 1 saturated heterocycles. The van der Waals surface area contributed by atoms with Crippen LogP contribution in [-0.2, 0) is 4.74 Å². The summed E-state index contributed by atoms with van der Waals surface area (Å²) in [6, 6.07) is 13.4. The lowest BCUT2D eigenvalue weighted by Gasteiger charge is -2.28. The average Bonchev–Trinajstić information content (AvgIpc) is 2.78. The van der Waals surface area contributed by atoms with Gasteiger partial charge in [-0.2, -0.15) is 4.98 Å². The van der Waals surface area contributed by atoms with Crippen LogP contribution in [-0.4, -0.2) is 47.3 Å². The molecule has 0 bridgehead atoms. The van der Waals surface area contributed by atoms with Gasteiger partial charge in [0.2, 0.25) is 5.88 Å². The largest absolute Gasteiger partial charge is 0.508 e. The number of hydrogen-bond acceptors (Lipinski definition) is 7. The highest BCUT2D eigenvalue weighted by Crippen LogP contribution is 2.32. The number of nitrogens with one attached hydrogen (secondary N) is 1. The highest BCUT2D eigenvalue weighted by atomic mass is 35.5. The van der Waals surface area contributed by atoms with Crippen molar-refractivity contribution < 1.29 is 19.4 Å². The standard InChI is InChI=1S/C21H19ClN4O4/c22-18-19(23-13-24-21(18)30-17-7-5-16(27)6-8-17)25-20(28)14-1-3-15(4-2-14)26-9-11-29-12-10-26/h1-8,13,27H,9-12H2,(H,23,24,25,28). The zero-order valence-corrected chi connectivity index (χ0v) is 16.7. The number of carbonyl (C=O) groups is 1. The van der Waals surface area contributed by atoms with E-state index in [1.54, 1.807) is 24.3 Å². The molecule has 154 valence electrons. The zero-order chi connectivity index (χ0) is 20.9. The van der Waals surface area contributed by atoms with E-state index in [1.165, 1.54) is 18.5 Å². The molecule has 1 aromatic heterocycles. The Morgan fingerprint density at radius 1 is 1.07 bits per heavy atom. The number of morpholine rings is 1. The van der Waals surface area contributed by atoms with E-state index in [0.717, 1.165) is 18.8 Å². The molecule has 0 saturated carbocycles. The van der Waals surface area contributed by atoms with E-state index in [0.29, 0.717) is 24.5 Å². The van der Waals surface area contributed by atoms with Crippen LogP contribution in [0.5, 0.6) is 17.4 Å². The van der Waals surface area contributed by atoms with Gasteiger partial charge in [0.05, 0.1) is 13.2 Å². The van der Waals surface area contributed by atoms with E-state index in [4.69, 9.17) is 21.1 Å². The Balaban J connectivity index is 1.45. The summed E-state index contributed by atoms with van der Waals surface area (Å²) in [4.78, 5) is 22.9. The number of phenolic OH excluding ortho intramolecular Hbond substituents is 1. The molecule has 1 aliphatic heterocycles. The van der Waals surface area contributed by atoms with Gasteiger partial charge in [-0.1, -0.05) is 11.6 Å². The lowest BCUT2D eigenvalue weighted by Crippen LogP contribution is -2.36. The number of aromatic hydroxyl groups is 1. The fraction of sp³-hybridized carbons (Fsp3) is 0.190. The molecule has 4 rings (SSSR count). The van der Waals surface area contributed by atoms with Crippen molar-refractivity contribution in [2.75, 3.05) is 36.5 Å². The number of aromatic nitrogens is 2. The van der Waals surface area contributed by atoms with Gasteiger partial charge in [0, 0.05) is 24.3 Å². The van der Waals surface area contributed by atoms with Crippen LogP contribution in [0.4, 0.5) is 11.5 Å². The van der Waals surface area contributed by atoms with Gasteiger partial charge in [-0.15, -0.1) is 0 Å². The molecule has 1 amide bonds. The van der Waals surface area contributed by atoms with Gasteiger partial charge in [0.25, 0.3) is 5.91 Å². The molecular weight excluding hydrogens is 408 g/mol. The van der Waals surface area contributed by atoms with Crippen molar-refractivity contribution in [1.82, 2.24) is 9.97 Å². The van der Waals surface area contributed by atoms with Gasteiger partial charge in [-0.25, -0.2) is 4.98 Å². The van der Waals surface area contributed by atoms with Gasteiger partial charge in [-0.05, 0) is 48.5 Å². The number of carbonyl (C=O) groups excluding carboxylic acids is 1.